The van der Waals surface area contributed by atoms with Gasteiger partial charge in [0.2, 0.25) is 5.91 Å². The lowest BCUT2D eigenvalue weighted by atomic mass is 10.1. The van der Waals surface area contributed by atoms with Crippen LogP contribution in [0, 0.1) is 6.92 Å². The van der Waals surface area contributed by atoms with Crippen LogP contribution < -0.4 is 21.0 Å². The monoisotopic (exact) mass is 522 g/mol. The number of aryl methyl sites for hydroxylation is 1. The van der Waals surface area contributed by atoms with E-state index in [9.17, 15) is 14.4 Å². The van der Waals surface area contributed by atoms with E-state index in [1.165, 1.54) is 18.4 Å². The third-order valence-corrected chi connectivity index (χ3v) is 7.70. The van der Waals surface area contributed by atoms with Gasteiger partial charge in [0.05, 0.1) is 17.9 Å². The molecule has 186 valence electrons. The van der Waals surface area contributed by atoms with Crippen molar-refractivity contribution >= 4 is 45.1 Å². The van der Waals surface area contributed by atoms with Gasteiger partial charge in [-0.2, -0.15) is 4.68 Å². The third-order valence-electron chi connectivity index (χ3n) is 5.49. The van der Waals surface area contributed by atoms with Crippen molar-refractivity contribution in [3.63, 3.8) is 0 Å². The summed E-state index contributed by atoms with van der Waals surface area (Å²) in [5.41, 5.74) is 5.25. The van der Waals surface area contributed by atoms with Crippen LogP contribution in [-0.4, -0.2) is 33.8 Å². The van der Waals surface area contributed by atoms with Crippen LogP contribution in [0.2, 0.25) is 0 Å². The van der Waals surface area contributed by atoms with E-state index in [4.69, 9.17) is 4.74 Å². The van der Waals surface area contributed by atoms with Crippen LogP contribution in [0.1, 0.15) is 34.8 Å². The summed E-state index contributed by atoms with van der Waals surface area (Å²) in [7, 11) is 1.51. The van der Waals surface area contributed by atoms with Crippen LogP contribution >= 0.6 is 23.1 Å². The molecule has 2 N–H and O–H groups in total. The Morgan fingerprint density at radius 1 is 1.17 bits per heavy atom. The summed E-state index contributed by atoms with van der Waals surface area (Å²) in [6.07, 6.45) is 0.506. The number of rotatable bonds is 9. The average Bonchev–Trinajstić information content (AvgIpc) is 3.37. The van der Waals surface area contributed by atoms with Gasteiger partial charge in [-0.15, -0.1) is 11.3 Å². The number of nitrogens with zero attached hydrogens (tertiary/aromatic N) is 2. The van der Waals surface area contributed by atoms with Crippen LogP contribution in [0.25, 0.3) is 10.2 Å². The molecule has 0 spiro atoms. The van der Waals surface area contributed by atoms with Gasteiger partial charge in [0.1, 0.15) is 10.4 Å². The number of nitrogens with one attached hydrogen (secondary N) is 2. The van der Waals surface area contributed by atoms with Gasteiger partial charge in [-0.3, -0.25) is 19.8 Å². The summed E-state index contributed by atoms with van der Waals surface area (Å²) in [5.74, 6) is -0.145. The molecular weight excluding hydrogens is 496 g/mol. The van der Waals surface area contributed by atoms with E-state index in [0.717, 1.165) is 27.6 Å². The van der Waals surface area contributed by atoms with Crippen molar-refractivity contribution in [2.75, 3.05) is 12.5 Å². The molecule has 0 aliphatic heterocycles. The highest BCUT2D eigenvalue weighted by Crippen LogP contribution is 2.26. The lowest BCUT2D eigenvalue weighted by Gasteiger charge is -2.18. The summed E-state index contributed by atoms with van der Waals surface area (Å²) >= 11 is 2.39. The van der Waals surface area contributed by atoms with Crippen LogP contribution in [0.4, 0.5) is 0 Å². The Balaban J connectivity index is 1.59. The van der Waals surface area contributed by atoms with E-state index in [-0.39, 0.29) is 11.1 Å². The van der Waals surface area contributed by atoms with Crippen molar-refractivity contribution in [2.24, 2.45) is 0 Å². The molecule has 8 nitrogen and oxygen atoms in total. The minimum Gasteiger partial charge on any atom is -0.497 e. The van der Waals surface area contributed by atoms with Gasteiger partial charge in [-0.25, -0.2) is 4.98 Å². The number of fused-ring (bicyclic) bond motifs is 1. The number of carbonyl (C=O) groups excluding carboxylic acids is 2. The molecule has 2 amide bonds. The highest BCUT2D eigenvalue weighted by Gasteiger charge is 2.23. The zero-order valence-electron chi connectivity index (χ0n) is 20.1. The van der Waals surface area contributed by atoms with Crippen LogP contribution in [-0.2, 0) is 11.3 Å². The van der Waals surface area contributed by atoms with Crippen molar-refractivity contribution in [3.8, 4) is 5.75 Å². The predicted molar refractivity (Wildman–Crippen MR) is 144 cm³/mol. The molecule has 1 unspecified atom stereocenters. The van der Waals surface area contributed by atoms with Crippen molar-refractivity contribution in [1.29, 1.82) is 0 Å². The minimum absolute atomic E-state index is 0.173. The summed E-state index contributed by atoms with van der Waals surface area (Å²) in [4.78, 5) is 43.8. The Morgan fingerprint density at radius 3 is 2.67 bits per heavy atom. The van der Waals surface area contributed by atoms with Crippen molar-refractivity contribution in [2.45, 2.75) is 37.2 Å². The number of aromatic nitrogens is 2. The molecule has 0 aliphatic carbocycles. The van der Waals surface area contributed by atoms with E-state index < -0.39 is 16.7 Å². The molecule has 0 bridgehead atoms. The standard InChI is InChI=1S/C26H26N4O4S2/c1-4-21(24(32)27-15-17-10-8-16(2)9-11-17)36-26-28-20-12-13-35-22(20)25(33)30(26)29-23(31)18-6-5-7-19(14-18)34-3/h5-14,21H,4,15H2,1-3H3,(H,27,32)(H,29,31). The highest BCUT2D eigenvalue weighted by atomic mass is 32.2. The van der Waals surface area contributed by atoms with Gasteiger partial charge in [-0.05, 0) is 48.6 Å². The number of hydrogen-bond acceptors (Lipinski definition) is 7. The normalized spacial score (nSPS) is 11.8. The van der Waals surface area contributed by atoms with E-state index in [0.29, 0.717) is 34.5 Å². The number of hydrogen-bond donors (Lipinski definition) is 2. The Kier molecular flexibility index (Phi) is 8.07. The van der Waals surface area contributed by atoms with Gasteiger partial charge in [-0.1, -0.05) is 54.6 Å². The van der Waals surface area contributed by atoms with Crippen molar-refractivity contribution in [1.82, 2.24) is 15.0 Å². The first-order valence-electron chi connectivity index (χ1n) is 11.3. The molecule has 0 radical (unpaired) electrons. The molecule has 4 rings (SSSR count). The summed E-state index contributed by atoms with van der Waals surface area (Å²) < 4.78 is 6.74. The molecule has 0 aliphatic rings. The van der Waals surface area contributed by atoms with Crippen LogP contribution in [0.5, 0.6) is 5.75 Å². The number of thioether (sulfide) groups is 1. The minimum atomic E-state index is -0.515. The Labute approximate surface area is 216 Å². The summed E-state index contributed by atoms with van der Waals surface area (Å²) in [6.45, 7) is 4.30. The number of thiophene rings is 1. The Hall–Kier alpha value is -3.63. The maximum Gasteiger partial charge on any atom is 0.291 e. The molecule has 2 aromatic heterocycles. The fraction of sp³-hybridized carbons (Fsp3) is 0.231. The van der Waals surface area contributed by atoms with Crippen molar-refractivity contribution < 1.29 is 14.3 Å². The first-order valence-corrected chi connectivity index (χ1v) is 13.1. The molecule has 0 saturated carbocycles. The van der Waals surface area contributed by atoms with Gasteiger partial charge in [0, 0.05) is 12.1 Å². The smallest absolute Gasteiger partial charge is 0.291 e. The summed E-state index contributed by atoms with van der Waals surface area (Å²) in [5, 5.41) is 4.45. The Morgan fingerprint density at radius 2 is 1.94 bits per heavy atom. The molecule has 2 heterocycles. The molecular formula is C26H26N4O4S2. The number of benzene rings is 2. The molecule has 4 aromatic rings. The fourth-order valence-corrected chi connectivity index (χ4v) is 5.21. The van der Waals surface area contributed by atoms with Gasteiger partial charge in [0.25, 0.3) is 11.5 Å². The van der Waals surface area contributed by atoms with Crippen LogP contribution in [0.15, 0.2) is 69.9 Å². The SMILES string of the molecule is CCC(Sc1nc2ccsc2c(=O)n1NC(=O)c1cccc(OC)c1)C(=O)NCc1ccc(C)cc1. The van der Waals surface area contributed by atoms with E-state index in [1.54, 1.807) is 35.7 Å². The lowest BCUT2D eigenvalue weighted by molar-refractivity contribution is -0.120. The number of methoxy groups -OCH3 is 1. The molecule has 0 fully saturated rings. The zero-order chi connectivity index (χ0) is 25.7. The largest absolute Gasteiger partial charge is 0.497 e. The molecule has 36 heavy (non-hydrogen) atoms. The highest BCUT2D eigenvalue weighted by molar-refractivity contribution is 8.00. The topological polar surface area (TPSA) is 102 Å². The van der Waals surface area contributed by atoms with Gasteiger partial charge >= 0.3 is 0 Å². The van der Waals surface area contributed by atoms with Gasteiger partial charge in [0.15, 0.2) is 5.16 Å². The fourth-order valence-electron chi connectivity index (χ4n) is 3.46. The Bertz CT molecular complexity index is 1450. The first-order chi connectivity index (χ1) is 17.4. The van der Waals surface area contributed by atoms with Crippen molar-refractivity contribution in [3.05, 3.63) is 87.0 Å². The second-order valence-electron chi connectivity index (χ2n) is 8.06. The second-order valence-corrected chi connectivity index (χ2v) is 10.1. The average molecular weight is 523 g/mol. The quantitative estimate of drug-likeness (QED) is 0.250. The predicted octanol–water partition coefficient (Wildman–Crippen LogP) is 4.35. The third kappa shape index (κ3) is 5.77. The zero-order valence-corrected chi connectivity index (χ0v) is 21.7. The maximum atomic E-state index is 13.3. The van der Waals surface area contributed by atoms with E-state index in [2.05, 4.69) is 15.7 Å². The number of ether oxygens (including phenoxy) is 1. The molecule has 1 atom stereocenters. The molecule has 10 heteroatoms. The van der Waals surface area contributed by atoms with E-state index >= 15 is 0 Å². The van der Waals surface area contributed by atoms with E-state index in [1.807, 2.05) is 38.1 Å². The first kappa shape index (κ1) is 25.5. The number of amides is 2. The number of carbonyl (C=O) groups is 2. The van der Waals surface area contributed by atoms with Crippen LogP contribution in [0.3, 0.4) is 0 Å². The second kappa shape index (κ2) is 11.4. The molecule has 0 saturated heterocycles. The maximum absolute atomic E-state index is 13.3. The van der Waals surface area contributed by atoms with Gasteiger partial charge < -0.3 is 10.1 Å². The molecule has 2 aromatic carbocycles. The summed E-state index contributed by atoms with van der Waals surface area (Å²) in [6, 6.07) is 16.3. The lowest BCUT2D eigenvalue weighted by Crippen LogP contribution is -2.36.